The molecule has 6 heavy (non-hydrogen) atoms. The summed E-state index contributed by atoms with van der Waals surface area (Å²) < 4.78 is 0. The first-order valence-electron chi connectivity index (χ1n) is 0. The minimum absolute atomic E-state index is 0. The fourth-order valence-corrected chi connectivity index (χ4v) is 0. The van der Waals surface area contributed by atoms with Gasteiger partial charge in [-0.1, -0.05) is 0 Å². The normalized spacial score (nSPS) is 0. The molecular weight excluding hydrogens is 192 g/mol. The zero-order chi connectivity index (χ0) is 0. The zero-order valence-electron chi connectivity index (χ0n) is 2.92. The second-order valence-electron chi connectivity index (χ2n) is 0. The first-order valence-corrected chi connectivity index (χ1v) is 0. The maximum absolute atomic E-state index is 0. The standard InChI is InChI=1S/Al.Cr.3O.Zn/q2*+3;3*-2;+2. The van der Waals surface area contributed by atoms with E-state index in [1.54, 1.807) is 0 Å². The molecule has 0 saturated heterocycles. The van der Waals surface area contributed by atoms with E-state index in [2.05, 4.69) is 0 Å². The van der Waals surface area contributed by atoms with Gasteiger partial charge in [0.25, 0.3) is 0 Å². The van der Waals surface area contributed by atoms with E-state index in [1.165, 1.54) is 0 Å². The van der Waals surface area contributed by atoms with Gasteiger partial charge in [0.1, 0.15) is 0 Å². The molecule has 0 spiro atoms. The molecule has 3 nitrogen and oxygen atoms in total. The van der Waals surface area contributed by atoms with Crippen LogP contribution < -0.4 is 0 Å². The van der Waals surface area contributed by atoms with Crippen molar-refractivity contribution in [2.24, 2.45) is 0 Å². The third kappa shape index (κ3) is 47.2. The zero-order valence-corrected chi connectivity index (χ0v) is 8.31. The van der Waals surface area contributed by atoms with Crippen molar-refractivity contribution in [3.63, 3.8) is 0 Å². The molecule has 0 heterocycles. The summed E-state index contributed by atoms with van der Waals surface area (Å²) in [6.45, 7) is 0. The third-order valence-corrected chi connectivity index (χ3v) is 0. The smallest absolute Gasteiger partial charge is 2.00 e. The molecular formula is AlCrO3Zn+2. The SMILES string of the molecule is [Al+3].[Cr+3].[O-2].[O-2].[O-2].[Zn+2]. The van der Waals surface area contributed by atoms with Gasteiger partial charge in [-0.15, -0.1) is 0 Å². The van der Waals surface area contributed by atoms with Crippen molar-refractivity contribution < 1.29 is 53.3 Å². The van der Waals surface area contributed by atoms with Gasteiger partial charge in [0.15, 0.2) is 0 Å². The van der Waals surface area contributed by atoms with Crippen LogP contribution in [0.15, 0.2) is 0 Å². The maximum Gasteiger partial charge on any atom is 3.00 e. The van der Waals surface area contributed by atoms with Gasteiger partial charge in [-0.3, -0.25) is 0 Å². The van der Waals surface area contributed by atoms with Crippen molar-refractivity contribution in [3.05, 3.63) is 0 Å². The van der Waals surface area contributed by atoms with Crippen LogP contribution in [0.4, 0.5) is 0 Å². The monoisotopic (exact) mass is 191 g/mol. The topological polar surface area (TPSA) is 85.5 Å². The van der Waals surface area contributed by atoms with Crippen LogP contribution in [-0.4, -0.2) is 17.4 Å². The van der Waals surface area contributed by atoms with Gasteiger partial charge in [-0.2, -0.15) is 0 Å². The molecule has 0 bridgehead atoms. The fraction of sp³-hybridized carbons (Fsp3) is 0. The molecule has 0 aromatic heterocycles. The molecule has 1 radical (unpaired) electrons. The van der Waals surface area contributed by atoms with Crippen LogP contribution in [0.2, 0.25) is 0 Å². The van der Waals surface area contributed by atoms with Crippen LogP contribution in [0, 0.1) is 0 Å². The maximum atomic E-state index is 0. The molecule has 0 aliphatic heterocycles. The van der Waals surface area contributed by atoms with E-state index in [9.17, 15) is 0 Å². The largest absolute Gasteiger partial charge is 3.00 e. The first-order chi connectivity index (χ1) is 0. The molecule has 0 aliphatic rings. The number of hydrogen-bond donors (Lipinski definition) is 0. The van der Waals surface area contributed by atoms with Crippen LogP contribution in [-0.2, 0) is 53.3 Å². The number of rotatable bonds is 0. The van der Waals surface area contributed by atoms with Gasteiger partial charge in [0.05, 0.1) is 0 Å². The van der Waals surface area contributed by atoms with Crippen LogP contribution in [0.25, 0.3) is 0 Å². The van der Waals surface area contributed by atoms with Gasteiger partial charge in [-0.05, 0) is 0 Å². The first kappa shape index (κ1) is 133. The summed E-state index contributed by atoms with van der Waals surface area (Å²) in [4.78, 5) is 0. The van der Waals surface area contributed by atoms with Gasteiger partial charge >= 0.3 is 54.2 Å². The molecule has 0 rings (SSSR count). The third-order valence-electron chi connectivity index (χ3n) is 0. The van der Waals surface area contributed by atoms with Gasteiger partial charge < -0.3 is 16.4 Å². The Kier molecular flexibility index (Phi) is 1830. The Bertz CT molecular complexity index is 10.8. The molecule has 0 saturated carbocycles. The average Bonchev–Trinajstić information content (AvgIpc) is 0. The van der Waals surface area contributed by atoms with Crippen molar-refractivity contribution in [3.8, 4) is 0 Å². The summed E-state index contributed by atoms with van der Waals surface area (Å²) in [5.41, 5.74) is 0. The molecule has 0 fully saturated rings. The second-order valence-corrected chi connectivity index (χ2v) is 0. The van der Waals surface area contributed by atoms with Crippen molar-refractivity contribution in [2.75, 3.05) is 0 Å². The predicted octanol–water partition coefficient (Wildman–Crippen LogP) is -0.742. The van der Waals surface area contributed by atoms with E-state index in [-0.39, 0.29) is 70.6 Å². The Hall–Kier alpha value is 1.57. The van der Waals surface area contributed by atoms with Crippen molar-refractivity contribution >= 4 is 17.4 Å². The Morgan fingerprint density at radius 3 is 0.667 bits per heavy atom. The molecule has 6 heteroatoms. The van der Waals surface area contributed by atoms with Crippen LogP contribution in [0.1, 0.15) is 0 Å². The summed E-state index contributed by atoms with van der Waals surface area (Å²) >= 11 is 0. The summed E-state index contributed by atoms with van der Waals surface area (Å²) in [6, 6.07) is 0. The van der Waals surface area contributed by atoms with Crippen molar-refractivity contribution in [1.82, 2.24) is 0 Å². The summed E-state index contributed by atoms with van der Waals surface area (Å²) in [6.07, 6.45) is 0. The van der Waals surface area contributed by atoms with E-state index in [0.717, 1.165) is 0 Å². The quantitative estimate of drug-likeness (QED) is 0.453. The fourth-order valence-electron chi connectivity index (χ4n) is 0. The minimum atomic E-state index is 0. The molecule has 0 N–H and O–H groups in total. The Morgan fingerprint density at radius 1 is 0.667 bits per heavy atom. The summed E-state index contributed by atoms with van der Waals surface area (Å²) in [5.74, 6) is 0. The van der Waals surface area contributed by atoms with E-state index >= 15 is 0 Å². The molecule has 0 atom stereocenters. The molecule has 27 valence electrons. The van der Waals surface area contributed by atoms with Crippen molar-refractivity contribution in [1.29, 1.82) is 0 Å². The Morgan fingerprint density at radius 2 is 0.667 bits per heavy atom. The minimum Gasteiger partial charge on any atom is -2.00 e. The van der Waals surface area contributed by atoms with Gasteiger partial charge in [0.2, 0.25) is 0 Å². The van der Waals surface area contributed by atoms with E-state index in [1.807, 2.05) is 0 Å². The molecule has 0 aliphatic carbocycles. The second kappa shape index (κ2) is 82.8. The van der Waals surface area contributed by atoms with Crippen LogP contribution in [0.5, 0.6) is 0 Å². The molecule has 0 unspecified atom stereocenters. The molecule has 0 aromatic rings. The average molecular weight is 192 g/mol. The van der Waals surface area contributed by atoms with E-state index < -0.39 is 0 Å². The molecule has 0 amide bonds. The van der Waals surface area contributed by atoms with Gasteiger partial charge in [0, 0.05) is 0 Å². The van der Waals surface area contributed by atoms with E-state index in [4.69, 9.17) is 0 Å². The van der Waals surface area contributed by atoms with Crippen molar-refractivity contribution in [2.45, 2.75) is 0 Å². The Labute approximate surface area is 70.4 Å². The summed E-state index contributed by atoms with van der Waals surface area (Å²) in [5, 5.41) is 0. The molecule has 0 aromatic carbocycles. The predicted molar refractivity (Wildman–Crippen MR) is 7.81 cm³/mol. The summed E-state index contributed by atoms with van der Waals surface area (Å²) in [7, 11) is 0. The van der Waals surface area contributed by atoms with Crippen LogP contribution >= 0.6 is 0 Å². The van der Waals surface area contributed by atoms with E-state index in [0.29, 0.717) is 0 Å². The van der Waals surface area contributed by atoms with Crippen LogP contribution in [0.3, 0.4) is 0 Å². The Balaban J connectivity index is 0. The van der Waals surface area contributed by atoms with Gasteiger partial charge in [-0.25, -0.2) is 0 Å². The number of hydrogen-bond acceptors (Lipinski definition) is 0.